The molecular formula is C24H44BrNO3Si2. The molecule has 31 heavy (non-hydrogen) atoms. The molecule has 1 aromatic carbocycles. The van der Waals surface area contributed by atoms with Gasteiger partial charge in [-0.1, -0.05) is 75.7 Å². The third kappa shape index (κ3) is 6.52. The van der Waals surface area contributed by atoms with Crippen molar-refractivity contribution in [3.8, 4) is 0 Å². The van der Waals surface area contributed by atoms with Crippen molar-refractivity contribution in [3.05, 3.63) is 34.3 Å². The van der Waals surface area contributed by atoms with Crippen LogP contribution in [0.4, 0.5) is 0 Å². The Morgan fingerprint density at radius 3 is 2.03 bits per heavy atom. The fourth-order valence-corrected chi connectivity index (χ4v) is 6.66. The molecule has 2 rings (SSSR count). The number of hydrogen-bond acceptors (Lipinski definition) is 4. The van der Waals surface area contributed by atoms with Gasteiger partial charge >= 0.3 is 0 Å². The smallest absolute Gasteiger partial charge is 0.192 e. The van der Waals surface area contributed by atoms with Crippen molar-refractivity contribution in [2.75, 3.05) is 6.54 Å². The molecular weight excluding hydrogens is 486 g/mol. The second-order valence-corrected chi connectivity index (χ2v) is 22.4. The molecule has 4 nitrogen and oxygen atoms in total. The van der Waals surface area contributed by atoms with Crippen molar-refractivity contribution in [2.24, 2.45) is 0 Å². The van der Waals surface area contributed by atoms with E-state index >= 15 is 0 Å². The van der Waals surface area contributed by atoms with Crippen LogP contribution < -0.4 is 5.32 Å². The van der Waals surface area contributed by atoms with Crippen molar-refractivity contribution in [1.82, 2.24) is 5.32 Å². The van der Waals surface area contributed by atoms with Crippen LogP contribution in [-0.4, -0.2) is 46.5 Å². The van der Waals surface area contributed by atoms with Gasteiger partial charge < -0.3 is 19.3 Å². The molecule has 0 unspecified atom stereocenters. The van der Waals surface area contributed by atoms with Gasteiger partial charge in [-0.25, -0.2) is 0 Å². The normalized spacial score (nSPS) is 24.5. The molecule has 1 saturated heterocycles. The number of rotatable bonds is 7. The van der Waals surface area contributed by atoms with E-state index in [-0.39, 0.29) is 28.3 Å². The second kappa shape index (κ2) is 9.68. The molecule has 1 heterocycles. The number of benzene rings is 1. The van der Waals surface area contributed by atoms with E-state index in [1.54, 1.807) is 0 Å². The average molecular weight is 531 g/mol. The fourth-order valence-electron chi connectivity index (χ4n) is 3.43. The third-order valence-electron chi connectivity index (χ3n) is 7.57. The van der Waals surface area contributed by atoms with Crippen molar-refractivity contribution in [3.63, 3.8) is 0 Å². The molecule has 0 amide bonds. The lowest BCUT2D eigenvalue weighted by molar-refractivity contribution is 0.0421. The third-order valence-corrected chi connectivity index (χ3v) is 17.3. The number of aliphatic hydroxyl groups is 1. The maximum absolute atomic E-state index is 11.0. The summed E-state index contributed by atoms with van der Waals surface area (Å²) < 4.78 is 14.8. The van der Waals surface area contributed by atoms with Crippen LogP contribution >= 0.6 is 15.9 Å². The van der Waals surface area contributed by atoms with E-state index in [0.29, 0.717) is 6.42 Å². The summed E-state index contributed by atoms with van der Waals surface area (Å²) in [5.74, 6) is 0. The quantitative estimate of drug-likeness (QED) is 0.389. The predicted molar refractivity (Wildman–Crippen MR) is 140 cm³/mol. The summed E-state index contributed by atoms with van der Waals surface area (Å²) in [6.07, 6.45) is -0.0250. The van der Waals surface area contributed by atoms with Crippen molar-refractivity contribution in [1.29, 1.82) is 0 Å². The number of aliphatic hydroxyl groups excluding tert-OH is 1. The second-order valence-electron chi connectivity index (χ2n) is 12.0. The summed E-state index contributed by atoms with van der Waals surface area (Å²) in [6, 6.07) is 7.95. The van der Waals surface area contributed by atoms with Gasteiger partial charge in [-0.3, -0.25) is 0 Å². The summed E-state index contributed by atoms with van der Waals surface area (Å²) >= 11 is 3.59. The Bertz CT molecular complexity index is 743. The first-order valence-electron chi connectivity index (χ1n) is 11.5. The number of hydrogen-bond donors (Lipinski definition) is 2. The van der Waals surface area contributed by atoms with E-state index in [2.05, 4.69) is 89.0 Å². The average Bonchev–Trinajstić information content (AvgIpc) is 2.93. The topological polar surface area (TPSA) is 50.7 Å². The molecule has 0 aromatic heterocycles. The molecule has 1 aromatic rings. The zero-order chi connectivity index (χ0) is 23.8. The molecule has 4 atom stereocenters. The summed E-state index contributed by atoms with van der Waals surface area (Å²) in [5, 5.41) is 14.9. The fraction of sp³-hybridized carbons (Fsp3) is 0.750. The molecule has 2 N–H and O–H groups in total. The highest BCUT2D eigenvalue weighted by atomic mass is 79.9. The van der Waals surface area contributed by atoms with E-state index < -0.39 is 22.7 Å². The summed E-state index contributed by atoms with van der Waals surface area (Å²) in [5.41, 5.74) is 0.921. The van der Waals surface area contributed by atoms with E-state index in [1.165, 1.54) is 0 Å². The molecule has 0 spiro atoms. The van der Waals surface area contributed by atoms with Gasteiger partial charge in [0.05, 0.1) is 18.3 Å². The Kier molecular flexibility index (Phi) is 8.50. The van der Waals surface area contributed by atoms with Gasteiger partial charge in [0.1, 0.15) is 0 Å². The highest BCUT2D eigenvalue weighted by Gasteiger charge is 2.49. The summed E-state index contributed by atoms with van der Waals surface area (Å²) in [4.78, 5) is 0. The zero-order valence-electron chi connectivity index (χ0n) is 21.2. The van der Waals surface area contributed by atoms with E-state index in [4.69, 9.17) is 8.85 Å². The lowest BCUT2D eigenvalue weighted by Crippen LogP contribution is -2.53. The van der Waals surface area contributed by atoms with Crippen molar-refractivity contribution < 1.29 is 14.0 Å². The monoisotopic (exact) mass is 529 g/mol. The molecule has 0 bridgehead atoms. The molecule has 0 radical (unpaired) electrons. The van der Waals surface area contributed by atoms with Gasteiger partial charge in [-0.05, 0) is 54.3 Å². The minimum atomic E-state index is -2.01. The Hall–Kier alpha value is -0.0262. The molecule has 1 fully saturated rings. The standard InChI is InChI=1S/C24H44BrNO3Si2/c1-23(2,3)30(7,8)28-21-16-26-19(22(21)29-31(9,10)24(4,5)6)15-20(27)17-13-11-12-14-18(17)25/h11-14,19-22,26-27H,15-16H2,1-10H3/t19-,20-,21-,22-/m0/s1. The summed E-state index contributed by atoms with van der Waals surface area (Å²) in [7, 11) is -3.96. The number of nitrogens with one attached hydrogen (secondary N) is 1. The lowest BCUT2D eigenvalue weighted by atomic mass is 9.99. The Morgan fingerprint density at radius 1 is 1.00 bits per heavy atom. The van der Waals surface area contributed by atoms with E-state index in [9.17, 15) is 5.11 Å². The number of halogens is 1. The van der Waals surface area contributed by atoms with E-state index in [0.717, 1.165) is 16.6 Å². The van der Waals surface area contributed by atoms with Crippen LogP contribution in [0, 0.1) is 0 Å². The SMILES string of the molecule is CC(C)(C)[Si](C)(C)O[C@H]1[C@H](C[C@H](O)c2ccccc2Br)NC[C@@H]1O[Si](C)(C)C(C)(C)C. The maximum atomic E-state index is 11.0. The highest BCUT2D eigenvalue weighted by Crippen LogP contribution is 2.42. The van der Waals surface area contributed by atoms with Crippen LogP contribution in [-0.2, 0) is 8.85 Å². The lowest BCUT2D eigenvalue weighted by Gasteiger charge is -2.44. The Morgan fingerprint density at radius 2 is 1.52 bits per heavy atom. The van der Waals surface area contributed by atoms with Crippen LogP contribution in [0.1, 0.15) is 59.6 Å². The molecule has 1 aliphatic heterocycles. The van der Waals surface area contributed by atoms with Gasteiger partial charge in [0, 0.05) is 17.1 Å². The van der Waals surface area contributed by atoms with Crippen molar-refractivity contribution >= 4 is 32.6 Å². The van der Waals surface area contributed by atoms with Crippen molar-refractivity contribution in [2.45, 2.75) is 109 Å². The van der Waals surface area contributed by atoms with E-state index in [1.807, 2.05) is 24.3 Å². The Labute approximate surface area is 200 Å². The van der Waals surface area contributed by atoms with Gasteiger partial charge in [0.15, 0.2) is 16.6 Å². The van der Waals surface area contributed by atoms with Crippen LogP contribution in [0.5, 0.6) is 0 Å². The van der Waals surface area contributed by atoms with Crippen LogP contribution in [0.2, 0.25) is 36.3 Å². The minimum Gasteiger partial charge on any atom is -0.410 e. The van der Waals surface area contributed by atoms with Gasteiger partial charge in [-0.15, -0.1) is 0 Å². The molecule has 178 valence electrons. The first-order valence-corrected chi connectivity index (χ1v) is 18.1. The predicted octanol–water partition coefficient (Wildman–Crippen LogP) is 6.63. The Balaban J connectivity index is 2.29. The largest absolute Gasteiger partial charge is 0.410 e. The first-order chi connectivity index (χ1) is 14.0. The van der Waals surface area contributed by atoms with Crippen LogP contribution in [0.3, 0.4) is 0 Å². The van der Waals surface area contributed by atoms with Gasteiger partial charge in [0.25, 0.3) is 0 Å². The van der Waals surface area contributed by atoms with Crippen LogP contribution in [0.25, 0.3) is 0 Å². The van der Waals surface area contributed by atoms with Gasteiger partial charge in [0.2, 0.25) is 0 Å². The molecule has 1 aliphatic rings. The highest BCUT2D eigenvalue weighted by molar-refractivity contribution is 9.10. The zero-order valence-corrected chi connectivity index (χ0v) is 24.8. The molecule has 7 heteroatoms. The minimum absolute atomic E-state index is 0.00595. The molecule has 0 saturated carbocycles. The maximum Gasteiger partial charge on any atom is 0.192 e. The van der Waals surface area contributed by atoms with Crippen LogP contribution in [0.15, 0.2) is 28.7 Å². The first kappa shape index (κ1) is 27.2. The van der Waals surface area contributed by atoms with Gasteiger partial charge in [-0.2, -0.15) is 0 Å². The summed E-state index contributed by atoms with van der Waals surface area (Å²) in [6.45, 7) is 23.6. The molecule has 0 aliphatic carbocycles.